The number of carbonyl (C=O) groups is 1. The van der Waals surface area contributed by atoms with Gasteiger partial charge < -0.3 is 9.30 Å². The lowest BCUT2D eigenvalue weighted by molar-refractivity contribution is -0.143. The van der Waals surface area contributed by atoms with Crippen LogP contribution in [0.25, 0.3) is 0 Å². The lowest BCUT2D eigenvalue weighted by atomic mass is 10.2. The molecule has 1 aliphatic heterocycles. The van der Waals surface area contributed by atoms with Gasteiger partial charge in [0, 0.05) is 17.1 Å². The first kappa shape index (κ1) is 13.4. The van der Waals surface area contributed by atoms with Crippen LogP contribution in [0.2, 0.25) is 0 Å². The third kappa shape index (κ3) is 2.67. The van der Waals surface area contributed by atoms with E-state index in [2.05, 4.69) is 0 Å². The van der Waals surface area contributed by atoms with Crippen molar-refractivity contribution in [2.45, 2.75) is 31.8 Å². The Balaban J connectivity index is 2.16. The molecule has 0 aromatic heterocycles. The predicted octanol–water partition coefficient (Wildman–Crippen LogP) is 2.79. The second-order valence-corrected chi connectivity index (χ2v) is 7.95. The molecule has 0 bridgehead atoms. The molecule has 0 amide bonds. The summed E-state index contributed by atoms with van der Waals surface area (Å²) in [5, 5.41) is 0.914. The van der Waals surface area contributed by atoms with Crippen LogP contribution in [0.15, 0.2) is 30.3 Å². The summed E-state index contributed by atoms with van der Waals surface area (Å²) in [5.41, 5.74) is -0.0288. The van der Waals surface area contributed by atoms with Gasteiger partial charge in [0.2, 0.25) is 0 Å². The molecule has 0 N–H and O–H groups in total. The monoisotopic (exact) mass is 266 g/mol. The smallest absolute Gasteiger partial charge is 0.306 e. The first-order valence-corrected chi connectivity index (χ1v) is 8.43. The molecule has 1 fully saturated rings. The molecule has 1 unspecified atom stereocenters. The fourth-order valence-corrected chi connectivity index (χ4v) is 6.05. The Morgan fingerprint density at radius 1 is 1.39 bits per heavy atom. The zero-order chi connectivity index (χ0) is 13.0. The lowest BCUT2D eigenvalue weighted by Crippen LogP contribution is -2.19. The number of benzene rings is 1. The average molecular weight is 266 g/mol. The van der Waals surface area contributed by atoms with Crippen molar-refractivity contribution in [1.82, 2.24) is 0 Å². The summed E-state index contributed by atoms with van der Waals surface area (Å²) in [6.07, 6.45) is 2.82. The van der Waals surface area contributed by atoms with Crippen molar-refractivity contribution < 1.29 is 14.1 Å². The first-order valence-electron chi connectivity index (χ1n) is 6.47. The number of carbonyl (C=O) groups excluding carboxylic acids is 1. The van der Waals surface area contributed by atoms with E-state index in [1.165, 1.54) is 0 Å². The molecular formula is C14H19O3P. The van der Waals surface area contributed by atoms with Gasteiger partial charge in [0.05, 0.1) is 13.0 Å². The fraction of sp³-hybridized carbons (Fsp3) is 0.500. The molecule has 98 valence electrons. The summed E-state index contributed by atoms with van der Waals surface area (Å²) in [5.74, 6) is -0.222. The second-order valence-electron chi connectivity index (χ2n) is 4.66. The topological polar surface area (TPSA) is 43.4 Å². The fourth-order valence-electron chi connectivity index (χ4n) is 2.63. The Labute approximate surface area is 108 Å². The largest absolute Gasteiger partial charge is 0.466 e. The van der Waals surface area contributed by atoms with Crippen molar-refractivity contribution >= 4 is 18.4 Å². The van der Waals surface area contributed by atoms with Crippen LogP contribution in [0.5, 0.6) is 0 Å². The van der Waals surface area contributed by atoms with Crippen LogP contribution in [-0.4, -0.2) is 24.4 Å². The SMILES string of the molecule is CCOC(=O)C[C@H]1CCCP1(=O)c1ccccc1. The van der Waals surface area contributed by atoms with Crippen LogP contribution in [-0.2, 0) is 14.1 Å². The van der Waals surface area contributed by atoms with E-state index in [1.807, 2.05) is 30.3 Å². The van der Waals surface area contributed by atoms with E-state index in [4.69, 9.17) is 4.74 Å². The standard InChI is InChI=1S/C14H19O3P/c1-2-17-14(15)11-13-9-6-10-18(13,16)12-7-4-3-5-8-12/h3-5,7-8,13H,2,6,9-11H2,1H3/t13-,18?/m1/s1. The van der Waals surface area contributed by atoms with Crippen LogP contribution in [0.3, 0.4) is 0 Å². The first-order chi connectivity index (χ1) is 8.66. The minimum absolute atomic E-state index is 0.0288. The quantitative estimate of drug-likeness (QED) is 0.621. The summed E-state index contributed by atoms with van der Waals surface area (Å²) in [7, 11) is -2.41. The summed E-state index contributed by atoms with van der Waals surface area (Å²) in [6.45, 7) is 2.19. The summed E-state index contributed by atoms with van der Waals surface area (Å²) < 4.78 is 18.1. The van der Waals surface area contributed by atoms with Gasteiger partial charge in [-0.25, -0.2) is 0 Å². The van der Waals surface area contributed by atoms with Crippen molar-refractivity contribution in [2.24, 2.45) is 0 Å². The molecule has 1 heterocycles. The number of esters is 1. The number of ether oxygens (including phenoxy) is 1. The maximum atomic E-state index is 13.1. The molecule has 1 aromatic rings. The highest BCUT2D eigenvalue weighted by Gasteiger charge is 2.40. The molecule has 4 heteroatoms. The van der Waals surface area contributed by atoms with Gasteiger partial charge in [0.15, 0.2) is 0 Å². The van der Waals surface area contributed by atoms with Gasteiger partial charge in [0.1, 0.15) is 7.14 Å². The Morgan fingerprint density at radius 3 is 2.78 bits per heavy atom. The van der Waals surface area contributed by atoms with Crippen molar-refractivity contribution in [1.29, 1.82) is 0 Å². The molecule has 2 rings (SSSR count). The van der Waals surface area contributed by atoms with Crippen molar-refractivity contribution in [2.75, 3.05) is 12.8 Å². The molecule has 0 aliphatic carbocycles. The van der Waals surface area contributed by atoms with E-state index in [9.17, 15) is 9.36 Å². The molecule has 2 atom stereocenters. The van der Waals surface area contributed by atoms with Crippen LogP contribution in [0.4, 0.5) is 0 Å². The molecule has 0 radical (unpaired) electrons. The van der Waals surface area contributed by atoms with Crippen LogP contribution in [0.1, 0.15) is 26.2 Å². The van der Waals surface area contributed by atoms with E-state index in [0.717, 1.165) is 24.3 Å². The van der Waals surface area contributed by atoms with Gasteiger partial charge >= 0.3 is 5.97 Å². The van der Waals surface area contributed by atoms with E-state index in [0.29, 0.717) is 13.0 Å². The van der Waals surface area contributed by atoms with Crippen molar-refractivity contribution in [3.8, 4) is 0 Å². The third-order valence-corrected chi connectivity index (χ3v) is 7.29. The number of hydrogen-bond acceptors (Lipinski definition) is 3. The lowest BCUT2D eigenvalue weighted by Gasteiger charge is -2.20. The molecule has 1 saturated heterocycles. The van der Waals surface area contributed by atoms with Crippen LogP contribution in [0, 0.1) is 0 Å². The van der Waals surface area contributed by atoms with Gasteiger partial charge in [-0.05, 0) is 19.8 Å². The van der Waals surface area contributed by atoms with Gasteiger partial charge in [0.25, 0.3) is 0 Å². The number of rotatable bonds is 4. The summed E-state index contributed by atoms with van der Waals surface area (Å²) in [6, 6.07) is 9.59. The van der Waals surface area contributed by atoms with E-state index >= 15 is 0 Å². The molecule has 0 saturated carbocycles. The summed E-state index contributed by atoms with van der Waals surface area (Å²) >= 11 is 0. The second kappa shape index (κ2) is 5.71. The van der Waals surface area contributed by atoms with Gasteiger partial charge in [-0.3, -0.25) is 4.79 Å². The minimum atomic E-state index is -2.41. The van der Waals surface area contributed by atoms with Gasteiger partial charge in [-0.15, -0.1) is 0 Å². The highest BCUT2D eigenvalue weighted by Crippen LogP contribution is 2.58. The molecular weight excluding hydrogens is 247 g/mol. The predicted molar refractivity (Wildman–Crippen MR) is 72.8 cm³/mol. The maximum absolute atomic E-state index is 13.1. The molecule has 0 spiro atoms. The number of hydrogen-bond donors (Lipinski definition) is 0. The Kier molecular flexibility index (Phi) is 4.23. The normalized spacial score (nSPS) is 27.1. The van der Waals surface area contributed by atoms with Crippen molar-refractivity contribution in [3.05, 3.63) is 30.3 Å². The zero-order valence-electron chi connectivity index (χ0n) is 10.7. The highest BCUT2D eigenvalue weighted by molar-refractivity contribution is 7.72. The van der Waals surface area contributed by atoms with Gasteiger partial charge in [-0.1, -0.05) is 30.3 Å². The highest BCUT2D eigenvalue weighted by atomic mass is 31.2. The molecule has 3 nitrogen and oxygen atoms in total. The van der Waals surface area contributed by atoms with Crippen LogP contribution >= 0.6 is 7.14 Å². The molecule has 1 aliphatic rings. The molecule has 18 heavy (non-hydrogen) atoms. The Hall–Kier alpha value is -1.08. The Bertz CT molecular complexity index is 455. The third-order valence-electron chi connectivity index (χ3n) is 3.52. The average Bonchev–Trinajstić information content (AvgIpc) is 2.74. The maximum Gasteiger partial charge on any atom is 0.306 e. The summed E-state index contributed by atoms with van der Waals surface area (Å²) in [4.78, 5) is 11.6. The minimum Gasteiger partial charge on any atom is -0.466 e. The van der Waals surface area contributed by atoms with E-state index in [1.54, 1.807) is 6.92 Å². The Morgan fingerprint density at radius 2 is 2.11 bits per heavy atom. The zero-order valence-corrected chi connectivity index (χ0v) is 11.6. The van der Waals surface area contributed by atoms with E-state index in [-0.39, 0.29) is 11.6 Å². The molecule has 1 aromatic carbocycles. The van der Waals surface area contributed by atoms with E-state index < -0.39 is 7.14 Å². The van der Waals surface area contributed by atoms with Gasteiger partial charge in [-0.2, -0.15) is 0 Å². The van der Waals surface area contributed by atoms with Crippen LogP contribution < -0.4 is 5.30 Å². The van der Waals surface area contributed by atoms with Crippen molar-refractivity contribution in [3.63, 3.8) is 0 Å².